The number of halogens is 2. The van der Waals surface area contributed by atoms with Crippen molar-refractivity contribution in [1.82, 2.24) is 35.1 Å². The molecule has 0 saturated heterocycles. The third-order valence-corrected chi connectivity index (χ3v) is 11.1. The number of unbranched alkanes of at least 4 members (excludes halogenated alkanes) is 1. The minimum absolute atomic E-state index is 0.174. The Bertz CT molecular complexity index is 2530. The van der Waals surface area contributed by atoms with Crippen LogP contribution in [0.2, 0.25) is 5.15 Å². The average molecular weight is 826 g/mol. The number of nitrogens with one attached hydrogen (secondary N) is 1. The quantitative estimate of drug-likeness (QED) is 0.111. The van der Waals surface area contributed by atoms with Crippen LogP contribution in [-0.2, 0) is 25.0 Å². The molecular weight excluding hydrogens is 788 g/mol. The predicted octanol–water partition coefficient (Wildman–Crippen LogP) is 9.77. The first-order valence-corrected chi connectivity index (χ1v) is 19.6. The molecule has 0 unspecified atom stereocenters. The fourth-order valence-electron chi connectivity index (χ4n) is 7.35. The molecule has 0 fully saturated rings. The number of hydrogen-bond donors (Lipinski definition) is 2. The molecule has 0 saturated carbocycles. The van der Waals surface area contributed by atoms with Crippen molar-refractivity contribution in [3.8, 4) is 22.7 Å². The van der Waals surface area contributed by atoms with Crippen molar-refractivity contribution < 1.29 is 9.21 Å². The van der Waals surface area contributed by atoms with E-state index in [2.05, 4.69) is 80.2 Å². The molecule has 0 aliphatic rings. The van der Waals surface area contributed by atoms with Crippen LogP contribution in [0.1, 0.15) is 53.5 Å². The Labute approximate surface area is 337 Å². The summed E-state index contributed by atoms with van der Waals surface area (Å²) in [7, 11) is 0. The molecule has 0 aliphatic carbocycles. The Morgan fingerprint density at radius 2 is 1.46 bits per heavy atom. The second-order valence-electron chi connectivity index (χ2n) is 13.5. The fourth-order valence-corrected chi connectivity index (χ4v) is 8.22. The number of aromatic nitrogens is 6. The molecule has 5 aromatic carbocycles. The number of nitrogens with two attached hydrogens (primary N) is 1. The summed E-state index contributed by atoms with van der Waals surface area (Å²) < 4.78 is 9.43. The van der Waals surface area contributed by atoms with Gasteiger partial charge in [0.15, 0.2) is 10.7 Å². The number of hydrogen-bond acceptors (Lipinski definition) is 6. The monoisotopic (exact) mass is 824 g/mol. The van der Waals surface area contributed by atoms with E-state index in [0.717, 1.165) is 68.3 Å². The summed E-state index contributed by atoms with van der Waals surface area (Å²) in [5, 5.41) is 18.6. The number of aryl methyl sites for hydroxylation is 1. The van der Waals surface area contributed by atoms with Crippen LogP contribution in [0.4, 0.5) is 4.79 Å². The molecule has 3 aromatic heterocycles. The molecule has 8 aromatic rings. The molecule has 0 atom stereocenters. The van der Waals surface area contributed by atoms with Gasteiger partial charge in [0.1, 0.15) is 17.2 Å². The topological polar surface area (TPSA) is 130 Å². The summed E-state index contributed by atoms with van der Waals surface area (Å²) >= 11 is 10.5. The summed E-state index contributed by atoms with van der Waals surface area (Å²) in [6.45, 7) is 2.80. The molecule has 3 heterocycles. The number of primary amides is 1. The third-order valence-electron chi connectivity index (χ3n) is 10.0. The van der Waals surface area contributed by atoms with E-state index in [4.69, 9.17) is 37.2 Å². The Kier molecular flexibility index (Phi) is 10.5. The number of benzene rings is 5. The maximum absolute atomic E-state index is 11.6. The van der Waals surface area contributed by atoms with Gasteiger partial charge in [-0.05, 0) is 62.0 Å². The van der Waals surface area contributed by atoms with Crippen LogP contribution in [0.25, 0.3) is 33.7 Å². The molecule has 2 amide bonds. The van der Waals surface area contributed by atoms with E-state index < -0.39 is 11.6 Å². The SMILES string of the molecule is CCCCc1nc(Cl)c(CNC(N)=O)n1Cc1ccc2oc(-c3ccccc3-c3nnn(C(c4ccccc4)(c4ccccc4)c4ccccc4)n3)c(Br)c2c1. The van der Waals surface area contributed by atoms with Gasteiger partial charge in [-0.15, -0.1) is 15.0 Å². The summed E-state index contributed by atoms with van der Waals surface area (Å²) in [5.74, 6) is 1.95. The number of fused-ring (bicyclic) bond motifs is 1. The number of carbonyl (C=O) groups excluding carboxylic acids is 1. The Hall–Kier alpha value is -6.04. The molecule has 0 aliphatic heterocycles. The van der Waals surface area contributed by atoms with Gasteiger partial charge >= 0.3 is 6.03 Å². The van der Waals surface area contributed by atoms with Gasteiger partial charge in [-0.25, -0.2) is 9.78 Å². The highest BCUT2D eigenvalue weighted by Crippen LogP contribution is 2.43. The zero-order chi connectivity index (χ0) is 38.6. The lowest BCUT2D eigenvalue weighted by Crippen LogP contribution is -2.39. The van der Waals surface area contributed by atoms with Crippen LogP contribution in [-0.4, -0.2) is 35.8 Å². The van der Waals surface area contributed by atoms with E-state index >= 15 is 0 Å². The van der Waals surface area contributed by atoms with Crippen molar-refractivity contribution in [2.75, 3.05) is 0 Å². The van der Waals surface area contributed by atoms with Crippen LogP contribution in [0.15, 0.2) is 142 Å². The lowest BCUT2D eigenvalue weighted by atomic mass is 9.77. The molecule has 280 valence electrons. The van der Waals surface area contributed by atoms with Gasteiger partial charge < -0.3 is 20.0 Å². The van der Waals surface area contributed by atoms with Crippen molar-refractivity contribution in [3.63, 3.8) is 0 Å². The van der Waals surface area contributed by atoms with Crippen LogP contribution in [0.5, 0.6) is 0 Å². The first-order chi connectivity index (χ1) is 27.4. The Morgan fingerprint density at radius 3 is 2.07 bits per heavy atom. The molecule has 0 bridgehead atoms. The second-order valence-corrected chi connectivity index (χ2v) is 14.7. The van der Waals surface area contributed by atoms with Gasteiger partial charge in [-0.3, -0.25) is 0 Å². The maximum Gasteiger partial charge on any atom is 0.312 e. The summed E-state index contributed by atoms with van der Waals surface area (Å²) in [6, 6.07) is 44.2. The molecule has 0 spiro atoms. The van der Waals surface area contributed by atoms with Gasteiger partial charge in [0.05, 0.1) is 16.7 Å². The van der Waals surface area contributed by atoms with Crippen LogP contribution >= 0.6 is 27.5 Å². The van der Waals surface area contributed by atoms with E-state index in [0.29, 0.717) is 34.6 Å². The van der Waals surface area contributed by atoms with Crippen molar-refractivity contribution in [2.24, 2.45) is 5.73 Å². The Balaban J connectivity index is 1.20. The fraction of sp³-hybridized carbons (Fsp3) is 0.159. The largest absolute Gasteiger partial charge is 0.455 e. The zero-order valence-corrected chi connectivity index (χ0v) is 32.9. The smallest absolute Gasteiger partial charge is 0.312 e. The van der Waals surface area contributed by atoms with Crippen molar-refractivity contribution in [3.05, 3.63) is 177 Å². The lowest BCUT2D eigenvalue weighted by molar-refractivity contribution is 0.248. The molecule has 8 rings (SSSR count). The zero-order valence-electron chi connectivity index (χ0n) is 30.6. The highest BCUT2D eigenvalue weighted by atomic mass is 79.9. The summed E-state index contributed by atoms with van der Waals surface area (Å²) in [5.41, 5.74) is 11.5. The van der Waals surface area contributed by atoms with Gasteiger partial charge in [-0.2, -0.15) is 0 Å². The minimum atomic E-state index is -0.911. The molecule has 3 N–H and O–H groups in total. The number of amides is 2. The standard InChI is InChI=1S/C44H38BrClN8O2/c1-2-3-23-38-49-41(46)36(27-48-43(47)55)53(38)28-29-24-25-37-35(26-29)39(45)40(56-37)33-21-13-14-22-34(33)42-50-52-54(51-42)44(30-15-7-4-8-16-30,31-17-9-5-10-18-31)32-19-11-6-12-20-32/h4-22,24-26H,2-3,23,27-28H2,1H3,(H3,47,48,55). The van der Waals surface area contributed by atoms with Gasteiger partial charge in [0.2, 0.25) is 5.82 Å². The molecule has 0 radical (unpaired) electrons. The highest BCUT2D eigenvalue weighted by Gasteiger charge is 2.41. The van der Waals surface area contributed by atoms with Crippen LogP contribution < -0.4 is 11.1 Å². The first-order valence-electron chi connectivity index (χ1n) is 18.4. The van der Waals surface area contributed by atoms with Crippen molar-refractivity contribution in [2.45, 2.75) is 44.8 Å². The minimum Gasteiger partial charge on any atom is -0.455 e. The summed E-state index contributed by atoms with van der Waals surface area (Å²) in [4.78, 5) is 18.0. The highest BCUT2D eigenvalue weighted by molar-refractivity contribution is 9.10. The van der Waals surface area contributed by atoms with E-state index in [1.54, 1.807) is 4.80 Å². The van der Waals surface area contributed by atoms with Crippen molar-refractivity contribution >= 4 is 44.5 Å². The molecule has 12 heteroatoms. The lowest BCUT2D eigenvalue weighted by Gasteiger charge is -2.34. The number of carbonyl (C=O) groups is 1. The van der Waals surface area contributed by atoms with Gasteiger partial charge in [0.25, 0.3) is 0 Å². The second kappa shape index (κ2) is 16.0. The number of rotatable bonds is 13. The van der Waals surface area contributed by atoms with Gasteiger partial charge in [0, 0.05) is 29.5 Å². The number of urea groups is 1. The van der Waals surface area contributed by atoms with Crippen molar-refractivity contribution in [1.29, 1.82) is 0 Å². The number of furan rings is 1. The Morgan fingerprint density at radius 1 is 0.857 bits per heavy atom. The van der Waals surface area contributed by atoms with E-state index in [9.17, 15) is 4.79 Å². The maximum atomic E-state index is 11.6. The van der Waals surface area contributed by atoms with E-state index in [1.807, 2.05) is 91.0 Å². The van der Waals surface area contributed by atoms with Crippen LogP contribution in [0, 0.1) is 0 Å². The molecule has 10 nitrogen and oxygen atoms in total. The molecular formula is C44H38BrClN8O2. The number of nitrogens with zero attached hydrogens (tertiary/aromatic N) is 6. The number of tetrazole rings is 1. The molecule has 56 heavy (non-hydrogen) atoms. The third kappa shape index (κ3) is 6.88. The van der Waals surface area contributed by atoms with Crippen LogP contribution in [0.3, 0.4) is 0 Å². The van der Waals surface area contributed by atoms with E-state index in [-0.39, 0.29) is 6.54 Å². The van der Waals surface area contributed by atoms with E-state index in [1.165, 1.54) is 0 Å². The first kappa shape index (κ1) is 36.9. The predicted molar refractivity (Wildman–Crippen MR) is 222 cm³/mol. The normalized spacial score (nSPS) is 11.6. The average Bonchev–Trinajstić information content (AvgIpc) is 3.93. The summed E-state index contributed by atoms with van der Waals surface area (Å²) in [6.07, 6.45) is 2.73. The number of imidazole rings is 1. The van der Waals surface area contributed by atoms with Gasteiger partial charge in [-0.1, -0.05) is 146 Å².